The molecule has 2 bridgehead atoms. The van der Waals surface area contributed by atoms with E-state index in [-0.39, 0.29) is 28.3 Å². The molecule has 0 saturated heterocycles. The summed E-state index contributed by atoms with van der Waals surface area (Å²) in [7, 11) is 1.28. The van der Waals surface area contributed by atoms with Gasteiger partial charge in [0.1, 0.15) is 17.2 Å². The van der Waals surface area contributed by atoms with Crippen LogP contribution in [0.3, 0.4) is 0 Å². The third kappa shape index (κ3) is 5.33. The van der Waals surface area contributed by atoms with Crippen molar-refractivity contribution in [3.05, 3.63) is 63.3 Å². The number of methoxy groups -OCH3 is 1. The van der Waals surface area contributed by atoms with Crippen molar-refractivity contribution in [2.24, 2.45) is 10.8 Å². The molecule has 0 unspecified atom stereocenters. The zero-order valence-electron chi connectivity index (χ0n) is 22.8. The Morgan fingerprint density at radius 1 is 1.07 bits per heavy atom. The number of fused-ring (bicyclic) bond motifs is 3. The number of phenolic OH excluding ortho intramolecular Hbond substituents is 1. The summed E-state index contributed by atoms with van der Waals surface area (Å²) < 4.78 is 16.9. The number of benzene rings is 2. The Kier molecular flexibility index (Phi) is 7.51. The number of halogens is 2. The summed E-state index contributed by atoms with van der Waals surface area (Å²) in [6.45, 7) is 0.950. The van der Waals surface area contributed by atoms with E-state index in [0.717, 1.165) is 62.7 Å². The van der Waals surface area contributed by atoms with Crippen molar-refractivity contribution in [2.75, 3.05) is 19.0 Å². The van der Waals surface area contributed by atoms with Crippen LogP contribution in [0.1, 0.15) is 79.0 Å². The Balaban J connectivity index is 1.10. The lowest BCUT2D eigenvalue weighted by Gasteiger charge is -2.52. The van der Waals surface area contributed by atoms with E-state index in [2.05, 4.69) is 10.5 Å². The predicted molar refractivity (Wildman–Crippen MR) is 154 cm³/mol. The van der Waals surface area contributed by atoms with Gasteiger partial charge in [0.05, 0.1) is 41.6 Å². The average molecular weight is 600 g/mol. The Morgan fingerprint density at radius 3 is 2.37 bits per heavy atom. The van der Waals surface area contributed by atoms with Crippen LogP contribution in [0.5, 0.6) is 5.75 Å². The molecule has 216 valence electrons. The van der Waals surface area contributed by atoms with Crippen LogP contribution in [0.2, 0.25) is 10.0 Å². The lowest BCUT2D eigenvalue weighted by molar-refractivity contribution is -0.138. The van der Waals surface area contributed by atoms with Gasteiger partial charge >= 0.3 is 5.97 Å². The number of esters is 1. The van der Waals surface area contributed by atoms with Gasteiger partial charge in [0.25, 0.3) is 0 Å². The van der Waals surface area contributed by atoms with Gasteiger partial charge in [-0.3, -0.25) is 4.79 Å². The molecule has 10 heteroatoms. The van der Waals surface area contributed by atoms with Crippen molar-refractivity contribution < 1.29 is 28.7 Å². The number of ether oxygens (including phenoxy) is 2. The van der Waals surface area contributed by atoms with E-state index in [1.54, 1.807) is 18.2 Å². The Hall–Kier alpha value is -3.07. The fraction of sp³-hybridized carbons (Fsp3) is 0.452. The molecule has 4 aliphatic carbocycles. The molecule has 0 spiro atoms. The molecule has 0 aliphatic heterocycles. The molecule has 2 aromatic carbocycles. The summed E-state index contributed by atoms with van der Waals surface area (Å²) in [6.07, 6.45) is 7.05. The molecule has 2 N–H and O–H groups in total. The van der Waals surface area contributed by atoms with Crippen LogP contribution in [-0.4, -0.2) is 35.9 Å². The first-order valence-corrected chi connectivity index (χ1v) is 14.7. The molecular formula is C31H32Cl2N2O6. The maximum atomic E-state index is 13.4. The summed E-state index contributed by atoms with van der Waals surface area (Å²) >= 11 is 13.0. The molecule has 1 amide bonds. The van der Waals surface area contributed by atoms with Crippen LogP contribution in [0.15, 0.2) is 40.9 Å². The second-order valence-electron chi connectivity index (χ2n) is 11.7. The van der Waals surface area contributed by atoms with Gasteiger partial charge in [0, 0.05) is 22.5 Å². The van der Waals surface area contributed by atoms with E-state index >= 15 is 0 Å². The highest BCUT2D eigenvalue weighted by Crippen LogP contribution is 2.57. The molecule has 4 fully saturated rings. The van der Waals surface area contributed by atoms with Gasteiger partial charge in [-0.2, -0.15) is 0 Å². The first-order valence-electron chi connectivity index (χ1n) is 14.0. The molecule has 0 radical (unpaired) electrons. The fourth-order valence-corrected chi connectivity index (χ4v) is 6.95. The number of nitrogens with zero attached hydrogens (tertiary/aromatic N) is 1. The number of rotatable bonds is 9. The normalized spacial score (nSPS) is 23.4. The smallest absolute Gasteiger partial charge is 0.337 e. The summed E-state index contributed by atoms with van der Waals surface area (Å²) in [5.74, 6) is 0.413. The van der Waals surface area contributed by atoms with Crippen LogP contribution in [0.4, 0.5) is 5.69 Å². The van der Waals surface area contributed by atoms with Crippen LogP contribution < -0.4 is 5.32 Å². The molecule has 7 rings (SSSR count). The van der Waals surface area contributed by atoms with Gasteiger partial charge < -0.3 is 24.4 Å². The van der Waals surface area contributed by atoms with Crippen molar-refractivity contribution >= 4 is 40.8 Å². The number of nitrogens with one attached hydrogen (secondary N) is 1. The van der Waals surface area contributed by atoms with E-state index in [1.807, 2.05) is 0 Å². The molecular weight excluding hydrogens is 567 g/mol. The van der Waals surface area contributed by atoms with Gasteiger partial charge in [-0.15, -0.1) is 0 Å². The molecule has 0 atom stereocenters. The largest absolute Gasteiger partial charge is 0.506 e. The van der Waals surface area contributed by atoms with E-state index in [0.29, 0.717) is 40.4 Å². The standard InChI is InChI=1S/C31H32Cl2N2O6/c1-39-28(37)19-7-8-23(24(36)15-19)34-29(38)31-12-9-30(10-13-31,11-14-31)17-40-16-20-26(35-41-27(20)18-5-6-18)25-21(32)3-2-4-22(25)33/h2-4,7-8,15,18,36H,5-6,9-14,16-17H2,1H3,(H,34,38). The van der Waals surface area contributed by atoms with Gasteiger partial charge in [-0.25, -0.2) is 4.79 Å². The highest BCUT2D eigenvalue weighted by Gasteiger charge is 2.52. The zero-order valence-corrected chi connectivity index (χ0v) is 24.3. The molecule has 1 aromatic heterocycles. The van der Waals surface area contributed by atoms with Gasteiger partial charge in [-0.05, 0) is 87.1 Å². The average Bonchev–Trinajstić information content (AvgIpc) is 3.75. The second-order valence-corrected chi connectivity index (χ2v) is 12.5. The van der Waals surface area contributed by atoms with Crippen molar-refractivity contribution in [1.82, 2.24) is 5.16 Å². The maximum Gasteiger partial charge on any atom is 0.337 e. The second kappa shape index (κ2) is 11.0. The predicted octanol–water partition coefficient (Wildman–Crippen LogP) is 7.51. The summed E-state index contributed by atoms with van der Waals surface area (Å²) in [4.78, 5) is 25.1. The lowest BCUT2D eigenvalue weighted by Crippen LogP contribution is -2.49. The summed E-state index contributed by atoms with van der Waals surface area (Å²) in [5, 5.41) is 18.7. The highest BCUT2D eigenvalue weighted by atomic mass is 35.5. The summed E-state index contributed by atoms with van der Waals surface area (Å²) in [6, 6.07) is 9.76. The van der Waals surface area contributed by atoms with Gasteiger partial charge in [-0.1, -0.05) is 34.4 Å². The number of hydrogen-bond acceptors (Lipinski definition) is 7. The van der Waals surface area contributed by atoms with Crippen molar-refractivity contribution in [3.8, 4) is 17.0 Å². The maximum absolute atomic E-state index is 13.4. The van der Waals surface area contributed by atoms with E-state index in [4.69, 9.17) is 37.2 Å². The lowest BCUT2D eigenvalue weighted by atomic mass is 9.53. The molecule has 1 heterocycles. The SMILES string of the molecule is COC(=O)c1ccc(NC(=O)C23CCC(COCc4c(-c5c(Cl)cccc5Cl)noc4C4CC4)(CC2)CC3)c(O)c1. The van der Waals surface area contributed by atoms with Crippen molar-refractivity contribution in [3.63, 3.8) is 0 Å². The zero-order chi connectivity index (χ0) is 28.8. The first-order chi connectivity index (χ1) is 19.7. The number of aromatic nitrogens is 1. The first kappa shape index (κ1) is 28.1. The number of carbonyl (C=O) groups is 2. The number of aromatic hydroxyl groups is 1. The minimum atomic E-state index is -0.549. The number of phenols is 1. The highest BCUT2D eigenvalue weighted by molar-refractivity contribution is 6.39. The fourth-order valence-electron chi connectivity index (χ4n) is 6.38. The Labute approximate surface area is 248 Å². The molecule has 4 saturated carbocycles. The van der Waals surface area contributed by atoms with Crippen LogP contribution in [-0.2, 0) is 20.9 Å². The van der Waals surface area contributed by atoms with Crippen molar-refractivity contribution in [1.29, 1.82) is 0 Å². The molecule has 4 aliphatic rings. The molecule has 3 aromatic rings. The quantitative estimate of drug-likeness (QED) is 0.193. The van der Waals surface area contributed by atoms with E-state index in [9.17, 15) is 14.7 Å². The van der Waals surface area contributed by atoms with Gasteiger partial charge in [0.15, 0.2) is 0 Å². The van der Waals surface area contributed by atoms with E-state index < -0.39 is 11.4 Å². The van der Waals surface area contributed by atoms with E-state index in [1.165, 1.54) is 25.3 Å². The Bertz CT molecular complexity index is 1450. The minimum Gasteiger partial charge on any atom is -0.506 e. The van der Waals surface area contributed by atoms with Crippen molar-refractivity contribution in [2.45, 2.75) is 63.9 Å². The monoisotopic (exact) mass is 598 g/mol. The number of hydrogen-bond donors (Lipinski definition) is 2. The third-order valence-corrected chi connectivity index (χ3v) is 9.80. The molecule has 41 heavy (non-hydrogen) atoms. The third-order valence-electron chi connectivity index (χ3n) is 9.17. The minimum absolute atomic E-state index is 0.0193. The molecule has 8 nitrogen and oxygen atoms in total. The van der Waals surface area contributed by atoms with Crippen LogP contribution >= 0.6 is 23.2 Å². The number of carbonyl (C=O) groups excluding carboxylic acids is 2. The topological polar surface area (TPSA) is 111 Å². The van der Waals surface area contributed by atoms with Crippen LogP contribution in [0, 0.1) is 10.8 Å². The summed E-state index contributed by atoms with van der Waals surface area (Å²) in [5.41, 5.74) is 2.28. The number of amides is 1. The van der Waals surface area contributed by atoms with Crippen LogP contribution in [0.25, 0.3) is 11.3 Å². The van der Waals surface area contributed by atoms with Gasteiger partial charge in [0.2, 0.25) is 5.91 Å². The Morgan fingerprint density at radius 2 is 1.76 bits per heavy atom. The number of anilines is 1.